The first-order chi connectivity index (χ1) is 12.7. The van der Waals surface area contributed by atoms with Crippen LogP contribution in [0.1, 0.15) is 46.4 Å². The zero-order chi connectivity index (χ0) is 18.8. The molecule has 0 aliphatic carbocycles. The van der Waals surface area contributed by atoms with Crippen LogP contribution in [0.25, 0.3) is 0 Å². The number of aliphatic imine (C=N–C) groups is 1. The Morgan fingerprint density at radius 1 is 1.00 bits per heavy atom. The molecule has 0 bridgehead atoms. The maximum absolute atomic E-state index is 12.0. The van der Waals surface area contributed by atoms with Crippen LogP contribution >= 0.6 is 35.3 Å². The Morgan fingerprint density at radius 3 is 2.41 bits per heavy atom. The summed E-state index contributed by atoms with van der Waals surface area (Å²) < 4.78 is 0. The average Bonchev–Trinajstić information content (AvgIpc) is 3.12. The molecule has 7 heteroatoms. The lowest BCUT2D eigenvalue weighted by molar-refractivity contribution is 0.0955. The van der Waals surface area contributed by atoms with Gasteiger partial charge in [-0.05, 0) is 50.1 Å². The summed E-state index contributed by atoms with van der Waals surface area (Å²) in [5.74, 6) is 0.732. The molecule has 0 aliphatic heterocycles. The highest BCUT2D eigenvalue weighted by Crippen LogP contribution is 2.16. The van der Waals surface area contributed by atoms with E-state index in [1.165, 1.54) is 9.75 Å². The lowest BCUT2D eigenvalue weighted by atomic mass is 10.1. The zero-order valence-electron chi connectivity index (χ0n) is 16.2. The van der Waals surface area contributed by atoms with Crippen molar-refractivity contribution in [1.29, 1.82) is 0 Å². The number of benzene rings is 1. The van der Waals surface area contributed by atoms with E-state index in [4.69, 9.17) is 0 Å². The molecule has 0 saturated carbocycles. The highest BCUT2D eigenvalue weighted by atomic mass is 127. The standard InChI is InChI=1S/C20H28N4OS.HI/c1-4-17-10-11-18(26-17)14-24-20(22-6-3)23-13-15-8-7-9-16(12-15)19(25)21-5-2;/h7-12H,4-6,13-14H2,1-3H3,(H,21,25)(H2,22,23,24);1H. The predicted octanol–water partition coefficient (Wildman–Crippen LogP) is 3.93. The van der Waals surface area contributed by atoms with E-state index in [0.717, 1.165) is 31.0 Å². The molecular formula is C20H29IN4OS. The number of rotatable bonds is 8. The van der Waals surface area contributed by atoms with E-state index >= 15 is 0 Å². The van der Waals surface area contributed by atoms with E-state index < -0.39 is 0 Å². The second-order valence-electron chi connectivity index (χ2n) is 5.83. The van der Waals surface area contributed by atoms with Crippen molar-refractivity contribution in [2.45, 2.75) is 40.3 Å². The van der Waals surface area contributed by atoms with Crippen LogP contribution in [0.4, 0.5) is 0 Å². The largest absolute Gasteiger partial charge is 0.357 e. The minimum absolute atomic E-state index is 0. The molecule has 27 heavy (non-hydrogen) atoms. The fourth-order valence-corrected chi connectivity index (χ4v) is 3.36. The molecule has 1 aromatic carbocycles. The topological polar surface area (TPSA) is 65.5 Å². The molecule has 2 aromatic rings. The summed E-state index contributed by atoms with van der Waals surface area (Å²) in [7, 11) is 0. The lowest BCUT2D eigenvalue weighted by Gasteiger charge is -2.11. The molecule has 1 amide bonds. The molecule has 0 radical (unpaired) electrons. The summed E-state index contributed by atoms with van der Waals surface area (Å²) in [6, 6.07) is 11.9. The van der Waals surface area contributed by atoms with E-state index in [2.05, 4.69) is 40.0 Å². The van der Waals surface area contributed by atoms with E-state index in [1.54, 1.807) is 0 Å². The van der Waals surface area contributed by atoms with Crippen LogP contribution in [-0.2, 0) is 19.5 Å². The van der Waals surface area contributed by atoms with Crippen molar-refractivity contribution >= 4 is 47.2 Å². The zero-order valence-corrected chi connectivity index (χ0v) is 19.3. The Morgan fingerprint density at radius 2 is 1.74 bits per heavy atom. The number of hydrogen-bond donors (Lipinski definition) is 3. The number of nitrogens with one attached hydrogen (secondary N) is 3. The van der Waals surface area contributed by atoms with Crippen LogP contribution in [0.5, 0.6) is 0 Å². The fourth-order valence-electron chi connectivity index (χ4n) is 2.46. The van der Waals surface area contributed by atoms with Crippen LogP contribution < -0.4 is 16.0 Å². The average molecular weight is 500 g/mol. The third-order valence-corrected chi connectivity index (χ3v) is 5.02. The van der Waals surface area contributed by atoms with Crippen molar-refractivity contribution in [2.24, 2.45) is 4.99 Å². The fraction of sp³-hybridized carbons (Fsp3) is 0.400. The molecule has 148 valence electrons. The normalized spacial score (nSPS) is 10.9. The molecule has 0 unspecified atom stereocenters. The van der Waals surface area contributed by atoms with Crippen molar-refractivity contribution in [3.05, 3.63) is 57.3 Å². The van der Waals surface area contributed by atoms with Gasteiger partial charge in [0.05, 0.1) is 13.1 Å². The van der Waals surface area contributed by atoms with Gasteiger partial charge in [0.15, 0.2) is 5.96 Å². The third-order valence-electron chi connectivity index (χ3n) is 3.79. The molecule has 0 aliphatic rings. The van der Waals surface area contributed by atoms with Crippen LogP contribution in [0.3, 0.4) is 0 Å². The number of amides is 1. The van der Waals surface area contributed by atoms with E-state index in [1.807, 2.05) is 49.4 Å². The number of carbonyl (C=O) groups is 1. The summed E-state index contributed by atoms with van der Waals surface area (Å²) in [6.07, 6.45) is 1.07. The number of carbonyl (C=O) groups excluding carboxylic acids is 1. The summed E-state index contributed by atoms with van der Waals surface area (Å²) in [4.78, 5) is 19.3. The monoisotopic (exact) mass is 500 g/mol. The molecule has 0 fully saturated rings. The van der Waals surface area contributed by atoms with Crippen LogP contribution in [-0.4, -0.2) is 25.0 Å². The van der Waals surface area contributed by atoms with Gasteiger partial charge < -0.3 is 16.0 Å². The maximum Gasteiger partial charge on any atom is 0.251 e. The highest BCUT2D eigenvalue weighted by molar-refractivity contribution is 14.0. The van der Waals surface area contributed by atoms with Gasteiger partial charge in [-0.2, -0.15) is 0 Å². The van der Waals surface area contributed by atoms with Gasteiger partial charge in [0, 0.05) is 28.4 Å². The molecule has 1 aromatic heterocycles. The van der Waals surface area contributed by atoms with Crippen LogP contribution in [0.2, 0.25) is 0 Å². The van der Waals surface area contributed by atoms with Gasteiger partial charge in [-0.25, -0.2) is 4.99 Å². The first-order valence-corrected chi connectivity index (χ1v) is 9.94. The lowest BCUT2D eigenvalue weighted by Crippen LogP contribution is -2.36. The third kappa shape index (κ3) is 7.88. The summed E-state index contributed by atoms with van der Waals surface area (Å²) in [6.45, 7) is 8.84. The second-order valence-corrected chi connectivity index (χ2v) is 7.08. The van der Waals surface area contributed by atoms with Gasteiger partial charge in [-0.3, -0.25) is 4.79 Å². The van der Waals surface area contributed by atoms with Crippen LogP contribution in [0.15, 0.2) is 41.4 Å². The Hall–Kier alpha value is -1.61. The van der Waals surface area contributed by atoms with Crippen molar-refractivity contribution in [3.63, 3.8) is 0 Å². The number of halogens is 1. The molecule has 2 rings (SSSR count). The maximum atomic E-state index is 12.0. The minimum Gasteiger partial charge on any atom is -0.357 e. The summed E-state index contributed by atoms with van der Waals surface area (Å²) in [5, 5.41) is 9.46. The van der Waals surface area contributed by atoms with Gasteiger partial charge in [0.1, 0.15) is 0 Å². The summed E-state index contributed by atoms with van der Waals surface area (Å²) in [5.41, 5.74) is 1.68. The predicted molar refractivity (Wildman–Crippen MR) is 125 cm³/mol. The Balaban J connectivity index is 0.00000364. The quantitative estimate of drug-likeness (QED) is 0.293. The molecule has 0 atom stereocenters. The number of nitrogens with zero attached hydrogens (tertiary/aromatic N) is 1. The number of hydrogen-bond acceptors (Lipinski definition) is 3. The van der Waals surface area contributed by atoms with Gasteiger partial charge >= 0.3 is 0 Å². The Bertz CT molecular complexity index is 745. The molecule has 3 N–H and O–H groups in total. The molecule has 1 heterocycles. The van der Waals surface area contributed by atoms with Crippen LogP contribution in [0, 0.1) is 0 Å². The van der Waals surface area contributed by atoms with Gasteiger partial charge in [-0.15, -0.1) is 35.3 Å². The van der Waals surface area contributed by atoms with Gasteiger partial charge in [0.2, 0.25) is 0 Å². The minimum atomic E-state index is -0.0483. The van der Waals surface area contributed by atoms with Gasteiger partial charge in [0.25, 0.3) is 5.91 Å². The molecular weight excluding hydrogens is 471 g/mol. The van der Waals surface area contributed by atoms with E-state index in [9.17, 15) is 4.79 Å². The first-order valence-electron chi connectivity index (χ1n) is 9.13. The van der Waals surface area contributed by atoms with Crippen molar-refractivity contribution in [1.82, 2.24) is 16.0 Å². The second kappa shape index (κ2) is 12.7. The Labute approximate surface area is 183 Å². The van der Waals surface area contributed by atoms with Crippen molar-refractivity contribution < 1.29 is 4.79 Å². The molecule has 0 spiro atoms. The molecule has 5 nitrogen and oxygen atoms in total. The van der Waals surface area contributed by atoms with Crippen molar-refractivity contribution in [3.8, 4) is 0 Å². The number of thiophene rings is 1. The smallest absolute Gasteiger partial charge is 0.251 e. The molecule has 0 saturated heterocycles. The number of guanidine groups is 1. The SMILES string of the molecule is CCNC(=O)c1cccc(CN=C(NCC)NCc2ccc(CC)s2)c1.I. The van der Waals surface area contributed by atoms with Crippen molar-refractivity contribution in [2.75, 3.05) is 13.1 Å². The van der Waals surface area contributed by atoms with Gasteiger partial charge in [-0.1, -0.05) is 19.1 Å². The Kier molecular flexibility index (Phi) is 11.0. The highest BCUT2D eigenvalue weighted by Gasteiger charge is 2.05. The number of aryl methyl sites for hydroxylation is 1. The van der Waals surface area contributed by atoms with E-state index in [0.29, 0.717) is 18.7 Å². The summed E-state index contributed by atoms with van der Waals surface area (Å²) >= 11 is 1.83. The first kappa shape index (κ1) is 23.4. The van der Waals surface area contributed by atoms with E-state index in [-0.39, 0.29) is 29.9 Å².